The first-order chi connectivity index (χ1) is 13.6. The van der Waals surface area contributed by atoms with E-state index in [-0.39, 0.29) is 11.7 Å². The number of benzene rings is 2. The SMILES string of the molecule is Cn1cc(CC(=O)NCc2ccc(N3CCOCC3)c(F)c2)c2ccccc21. The Bertz CT molecular complexity index is 993. The summed E-state index contributed by atoms with van der Waals surface area (Å²) in [6.45, 7) is 2.93. The van der Waals surface area contributed by atoms with Crippen molar-refractivity contribution in [1.82, 2.24) is 9.88 Å². The van der Waals surface area contributed by atoms with Crippen LogP contribution in [-0.2, 0) is 29.5 Å². The van der Waals surface area contributed by atoms with Gasteiger partial charge in [0.2, 0.25) is 5.91 Å². The molecule has 1 N–H and O–H groups in total. The Kier molecular flexibility index (Phi) is 5.30. The molecule has 1 amide bonds. The number of carbonyl (C=O) groups excluding carboxylic acids is 1. The van der Waals surface area contributed by atoms with E-state index in [1.807, 2.05) is 53.0 Å². The molecule has 1 aromatic heterocycles. The largest absolute Gasteiger partial charge is 0.378 e. The Balaban J connectivity index is 1.38. The summed E-state index contributed by atoms with van der Waals surface area (Å²) >= 11 is 0. The normalized spacial score (nSPS) is 14.4. The molecule has 0 bridgehead atoms. The van der Waals surface area contributed by atoms with Gasteiger partial charge in [0, 0.05) is 43.8 Å². The van der Waals surface area contributed by atoms with Crippen LogP contribution in [0.4, 0.5) is 10.1 Å². The standard InChI is InChI=1S/C22H24FN3O2/c1-25-15-17(18-4-2-3-5-20(18)25)13-22(27)24-14-16-6-7-21(19(23)12-16)26-8-10-28-11-9-26/h2-7,12,15H,8-11,13-14H2,1H3,(H,24,27). The van der Waals surface area contributed by atoms with Crippen LogP contribution in [0.3, 0.4) is 0 Å². The third-order valence-electron chi connectivity index (χ3n) is 5.18. The average Bonchev–Trinajstić information content (AvgIpc) is 3.03. The molecule has 4 rings (SSSR count). The lowest BCUT2D eigenvalue weighted by Gasteiger charge is -2.29. The number of anilines is 1. The van der Waals surface area contributed by atoms with Crippen molar-refractivity contribution in [2.45, 2.75) is 13.0 Å². The highest BCUT2D eigenvalue weighted by Crippen LogP contribution is 2.22. The van der Waals surface area contributed by atoms with Gasteiger partial charge in [0.25, 0.3) is 0 Å². The van der Waals surface area contributed by atoms with E-state index in [2.05, 4.69) is 5.32 Å². The smallest absolute Gasteiger partial charge is 0.224 e. The van der Waals surface area contributed by atoms with Crippen molar-refractivity contribution in [3.8, 4) is 0 Å². The summed E-state index contributed by atoms with van der Waals surface area (Å²) in [5, 5.41) is 3.98. The molecule has 28 heavy (non-hydrogen) atoms. The van der Waals surface area contributed by atoms with Gasteiger partial charge in [-0.05, 0) is 29.3 Å². The Morgan fingerprint density at radius 1 is 1.18 bits per heavy atom. The number of ether oxygens (including phenoxy) is 1. The fourth-order valence-corrected chi connectivity index (χ4v) is 3.72. The first kappa shape index (κ1) is 18.5. The summed E-state index contributed by atoms with van der Waals surface area (Å²) in [5.41, 5.74) is 3.44. The summed E-state index contributed by atoms with van der Waals surface area (Å²) in [5.74, 6) is -0.336. The monoisotopic (exact) mass is 381 g/mol. The van der Waals surface area contributed by atoms with E-state index >= 15 is 0 Å². The van der Waals surface area contributed by atoms with Crippen LogP contribution in [0.25, 0.3) is 10.9 Å². The quantitative estimate of drug-likeness (QED) is 0.739. The fraction of sp³-hybridized carbons (Fsp3) is 0.318. The number of morpholine rings is 1. The number of nitrogens with one attached hydrogen (secondary N) is 1. The predicted molar refractivity (Wildman–Crippen MR) is 108 cm³/mol. The van der Waals surface area contributed by atoms with E-state index in [1.54, 1.807) is 6.07 Å². The zero-order valence-electron chi connectivity index (χ0n) is 16.0. The van der Waals surface area contributed by atoms with Crippen LogP contribution in [0, 0.1) is 5.82 Å². The molecule has 6 heteroatoms. The van der Waals surface area contributed by atoms with E-state index < -0.39 is 0 Å². The Morgan fingerprint density at radius 2 is 1.96 bits per heavy atom. The number of amides is 1. The molecular weight excluding hydrogens is 357 g/mol. The number of fused-ring (bicyclic) bond motifs is 1. The van der Waals surface area contributed by atoms with E-state index in [0.717, 1.165) is 22.0 Å². The molecule has 1 aliphatic heterocycles. The summed E-state index contributed by atoms with van der Waals surface area (Å²) in [4.78, 5) is 14.4. The molecule has 0 atom stereocenters. The molecule has 1 fully saturated rings. The number of aryl methyl sites for hydroxylation is 1. The van der Waals surface area contributed by atoms with Crippen LogP contribution >= 0.6 is 0 Å². The van der Waals surface area contributed by atoms with Crippen LogP contribution in [0.15, 0.2) is 48.7 Å². The van der Waals surface area contributed by atoms with Crippen molar-refractivity contribution in [3.63, 3.8) is 0 Å². The lowest BCUT2D eigenvalue weighted by Crippen LogP contribution is -2.36. The highest BCUT2D eigenvalue weighted by Gasteiger charge is 2.16. The van der Waals surface area contributed by atoms with Gasteiger partial charge < -0.3 is 19.5 Å². The van der Waals surface area contributed by atoms with Crippen molar-refractivity contribution < 1.29 is 13.9 Å². The van der Waals surface area contributed by atoms with E-state index in [1.165, 1.54) is 6.07 Å². The molecule has 5 nitrogen and oxygen atoms in total. The minimum atomic E-state index is -0.261. The molecule has 146 valence electrons. The van der Waals surface area contributed by atoms with Crippen LogP contribution in [-0.4, -0.2) is 36.8 Å². The molecule has 0 saturated carbocycles. The molecule has 2 aromatic carbocycles. The second-order valence-corrected chi connectivity index (χ2v) is 7.12. The van der Waals surface area contributed by atoms with Gasteiger partial charge in [-0.3, -0.25) is 4.79 Å². The van der Waals surface area contributed by atoms with E-state index in [0.29, 0.717) is 45.0 Å². The number of carbonyl (C=O) groups is 1. The molecule has 0 unspecified atom stereocenters. The van der Waals surface area contributed by atoms with E-state index in [9.17, 15) is 9.18 Å². The van der Waals surface area contributed by atoms with Crippen molar-refractivity contribution in [1.29, 1.82) is 0 Å². The van der Waals surface area contributed by atoms with Gasteiger partial charge in [-0.25, -0.2) is 4.39 Å². The van der Waals surface area contributed by atoms with Crippen molar-refractivity contribution in [3.05, 3.63) is 65.6 Å². The minimum Gasteiger partial charge on any atom is -0.378 e. The molecule has 2 heterocycles. The number of halogens is 1. The predicted octanol–water partition coefficient (Wildman–Crippen LogP) is 3.01. The highest BCUT2D eigenvalue weighted by molar-refractivity contribution is 5.89. The van der Waals surface area contributed by atoms with Gasteiger partial charge >= 0.3 is 0 Å². The van der Waals surface area contributed by atoms with Crippen LogP contribution < -0.4 is 10.2 Å². The topological polar surface area (TPSA) is 46.5 Å². The van der Waals surface area contributed by atoms with Crippen LogP contribution in [0.2, 0.25) is 0 Å². The number of hydrogen-bond acceptors (Lipinski definition) is 3. The molecule has 0 radical (unpaired) electrons. The number of nitrogens with zero attached hydrogens (tertiary/aromatic N) is 2. The molecule has 1 saturated heterocycles. The summed E-state index contributed by atoms with van der Waals surface area (Å²) in [7, 11) is 1.97. The molecule has 0 spiro atoms. The number of rotatable bonds is 5. The van der Waals surface area contributed by atoms with Gasteiger partial charge in [-0.15, -0.1) is 0 Å². The Morgan fingerprint density at radius 3 is 2.75 bits per heavy atom. The summed E-state index contributed by atoms with van der Waals surface area (Å²) < 4.78 is 21.8. The van der Waals surface area contributed by atoms with Crippen molar-refractivity contribution in [2.24, 2.45) is 7.05 Å². The average molecular weight is 381 g/mol. The summed E-state index contributed by atoms with van der Waals surface area (Å²) in [6, 6.07) is 13.2. The lowest BCUT2D eigenvalue weighted by molar-refractivity contribution is -0.120. The maximum Gasteiger partial charge on any atom is 0.224 e. The summed E-state index contributed by atoms with van der Waals surface area (Å²) in [6.07, 6.45) is 2.29. The van der Waals surface area contributed by atoms with Gasteiger partial charge in [-0.1, -0.05) is 24.3 Å². The van der Waals surface area contributed by atoms with Crippen LogP contribution in [0.1, 0.15) is 11.1 Å². The first-order valence-electron chi connectivity index (χ1n) is 9.52. The molecule has 3 aromatic rings. The zero-order chi connectivity index (χ0) is 19.5. The van der Waals surface area contributed by atoms with Crippen molar-refractivity contribution >= 4 is 22.5 Å². The number of aromatic nitrogens is 1. The lowest BCUT2D eigenvalue weighted by atomic mass is 10.1. The number of para-hydroxylation sites is 1. The zero-order valence-corrected chi connectivity index (χ0v) is 16.0. The Labute approximate surface area is 163 Å². The van der Waals surface area contributed by atoms with Gasteiger partial charge in [0.1, 0.15) is 5.82 Å². The van der Waals surface area contributed by atoms with Gasteiger partial charge in [-0.2, -0.15) is 0 Å². The molecular formula is C22H24FN3O2. The van der Waals surface area contributed by atoms with Crippen molar-refractivity contribution in [2.75, 3.05) is 31.2 Å². The van der Waals surface area contributed by atoms with Gasteiger partial charge in [0.15, 0.2) is 0 Å². The van der Waals surface area contributed by atoms with E-state index in [4.69, 9.17) is 4.74 Å². The van der Waals surface area contributed by atoms with Gasteiger partial charge in [0.05, 0.1) is 25.3 Å². The molecule has 1 aliphatic rings. The van der Waals surface area contributed by atoms with Crippen LogP contribution in [0.5, 0.6) is 0 Å². The Hall–Kier alpha value is -2.86. The maximum atomic E-state index is 14.5. The minimum absolute atomic E-state index is 0.0750. The third-order valence-corrected chi connectivity index (χ3v) is 5.18. The first-order valence-corrected chi connectivity index (χ1v) is 9.52. The highest BCUT2D eigenvalue weighted by atomic mass is 19.1. The number of hydrogen-bond donors (Lipinski definition) is 1. The second-order valence-electron chi connectivity index (χ2n) is 7.12. The maximum absolute atomic E-state index is 14.5. The molecule has 0 aliphatic carbocycles. The second kappa shape index (κ2) is 8.02. The third kappa shape index (κ3) is 3.87. The fourth-order valence-electron chi connectivity index (χ4n) is 3.72.